The Balaban J connectivity index is -0.00000155. The molecule has 6 rings (SSSR count). The molecule has 1 aliphatic rings. The molecular weight excluding hydrogens is 1740 g/mol. The van der Waals surface area contributed by atoms with Crippen LogP contribution in [-0.4, -0.2) is 338 Å². The number of hydrogen-bond donors (Lipinski definition) is 3. The van der Waals surface area contributed by atoms with Crippen molar-refractivity contribution in [3.05, 3.63) is 104 Å². The zero-order valence-corrected chi connectivity index (χ0v) is 81.1. The maximum absolute atomic E-state index is 12.5. The van der Waals surface area contributed by atoms with E-state index in [0.29, 0.717) is 229 Å². The minimum absolute atomic E-state index is 0. The number of piperazine rings is 1. The van der Waals surface area contributed by atoms with Crippen molar-refractivity contribution in [3.63, 3.8) is 0 Å². The van der Waals surface area contributed by atoms with Gasteiger partial charge in [-0.1, -0.05) is 13.8 Å². The topological polar surface area (TPSA) is 494 Å². The molecule has 3 heterocycles. The van der Waals surface area contributed by atoms with Crippen LogP contribution in [0.5, 0.6) is 34.5 Å². The van der Waals surface area contributed by atoms with Crippen molar-refractivity contribution in [2.75, 3.05) is 257 Å². The Bertz CT molecular complexity index is 3930. The first kappa shape index (κ1) is 124. The number of aromatic nitrogens is 3. The number of carbonyl (C=O) groups is 4. The molecule has 0 saturated carbocycles. The third kappa shape index (κ3) is 56.4. The molecular formula is C83H133BFKN8O33S. The number of pyridine rings is 1. The number of methoxy groups -OCH3 is 3. The van der Waals surface area contributed by atoms with Crippen molar-refractivity contribution < 1.29 is 203 Å². The Kier molecular flexibility index (Phi) is 73.1. The number of nitro benzene ring substituents is 2. The summed E-state index contributed by atoms with van der Waals surface area (Å²) in [5, 5.41) is 37.4. The minimum Gasteiger partial charge on any atom is -1.00 e. The van der Waals surface area contributed by atoms with Gasteiger partial charge in [0, 0.05) is 92.6 Å². The molecule has 1 amide bonds. The van der Waals surface area contributed by atoms with E-state index in [4.69, 9.17) is 110 Å². The van der Waals surface area contributed by atoms with E-state index in [1.807, 2.05) is 45.9 Å². The van der Waals surface area contributed by atoms with Gasteiger partial charge in [-0.3, -0.25) is 24.9 Å². The molecule has 3 aromatic carbocycles. The van der Waals surface area contributed by atoms with E-state index in [1.54, 1.807) is 65.0 Å². The van der Waals surface area contributed by atoms with E-state index in [2.05, 4.69) is 33.7 Å². The number of nitrogen functional groups attached to an aromatic ring is 1. The van der Waals surface area contributed by atoms with Crippen molar-refractivity contribution >= 4 is 65.1 Å². The number of sulfone groups is 1. The molecule has 0 spiro atoms. The number of carbonyl (C=O) groups excluding carboxylic acids is 4. The number of hydrogen-bond acceptors (Lipinski definition) is 38. The van der Waals surface area contributed by atoms with Gasteiger partial charge in [-0.25, -0.2) is 42.5 Å². The van der Waals surface area contributed by atoms with Crippen molar-refractivity contribution in [2.45, 2.75) is 106 Å². The Labute approximate surface area is 794 Å². The second kappa shape index (κ2) is 75.5. The minimum atomic E-state index is -3.48. The second-order valence-corrected chi connectivity index (χ2v) is 28.8. The van der Waals surface area contributed by atoms with Crippen LogP contribution in [0.3, 0.4) is 0 Å². The second-order valence-electron chi connectivity index (χ2n) is 26.9. The van der Waals surface area contributed by atoms with E-state index >= 15 is 0 Å². The fraction of sp³-hybridized carbons (Fsp3) is 0.627. The van der Waals surface area contributed by atoms with E-state index in [1.165, 1.54) is 38.6 Å². The Morgan fingerprint density at radius 1 is 0.531 bits per heavy atom. The van der Waals surface area contributed by atoms with Crippen molar-refractivity contribution in [3.8, 4) is 45.8 Å². The Morgan fingerprint density at radius 3 is 1.26 bits per heavy atom. The number of halogens is 1. The van der Waals surface area contributed by atoms with Crippen LogP contribution in [-0.2, 0) is 100 Å². The number of amides is 1. The largest absolute Gasteiger partial charge is 1.00 e. The number of anilines is 2. The summed E-state index contributed by atoms with van der Waals surface area (Å²) in [6, 6.07) is 14.2. The first-order valence-electron chi connectivity index (χ1n) is 40.5. The number of nitrogens with two attached hydrogens (primary N) is 1. The summed E-state index contributed by atoms with van der Waals surface area (Å²) in [4.78, 5) is 82.2. The third-order valence-electron chi connectivity index (χ3n) is 15.9. The number of non-ortho nitro benzene ring substituents is 2. The number of aromatic hydroxyl groups is 1. The van der Waals surface area contributed by atoms with Crippen LogP contribution in [0, 0.1) is 41.0 Å². The van der Waals surface area contributed by atoms with E-state index in [0.717, 1.165) is 50.3 Å². The number of phenolic OH excluding ortho intramolecular Hbond substituents is 1. The fourth-order valence-electron chi connectivity index (χ4n) is 10.4. The molecule has 41 nitrogen and oxygen atoms in total. The van der Waals surface area contributed by atoms with Gasteiger partial charge >= 0.3 is 75.4 Å². The zero-order chi connectivity index (χ0) is 93.2. The van der Waals surface area contributed by atoms with Crippen LogP contribution in [0.4, 0.5) is 32.4 Å². The summed E-state index contributed by atoms with van der Waals surface area (Å²) in [6.45, 7) is 32.9. The number of benzene rings is 3. The summed E-state index contributed by atoms with van der Waals surface area (Å²) < 4.78 is 133. The van der Waals surface area contributed by atoms with Gasteiger partial charge in [-0.2, -0.15) is 0 Å². The van der Waals surface area contributed by atoms with E-state index < -0.39 is 31.3 Å². The fourth-order valence-corrected chi connectivity index (χ4v) is 11.0. The average Bonchev–Trinajstić information content (AvgIpc) is 0.809. The number of ether oxygens (including phenoxy) is 21. The van der Waals surface area contributed by atoms with Gasteiger partial charge < -0.3 is 134 Å². The van der Waals surface area contributed by atoms with Crippen molar-refractivity contribution in [2.24, 2.45) is 0 Å². The van der Waals surface area contributed by atoms with Crippen LogP contribution < -0.4 is 85.7 Å². The van der Waals surface area contributed by atoms with E-state index in [9.17, 15) is 52.9 Å². The molecule has 0 bridgehead atoms. The number of aliphatic hydroxyl groups is 1. The van der Waals surface area contributed by atoms with Gasteiger partial charge in [0.15, 0.2) is 34.5 Å². The number of aryl methyl sites for hydroxylation is 3. The van der Waals surface area contributed by atoms with Gasteiger partial charge in [0.2, 0.25) is 15.0 Å². The SMILES string of the molecule is CCC1CN(c2ccc(-c3ccnc(S(C)(=O)=O)n3)cn2)CCN1C(=O)OC(C)(C)C.CCCOCCOCCOCCOCC(=O)OCC.CCOC(=O)COCCOCCOCCOCCOc1cc(N)cc(C)c1OC.CCOC(=O)COCCOCCOCCOCCOc1cc([N+](=O)[O-])cc(C)c1OC.CO.COc1c(C)cc([N+](=O)[O-])cc1O.F.[B-].[K+]. The van der Waals surface area contributed by atoms with Crippen molar-refractivity contribution in [1.29, 1.82) is 0 Å². The van der Waals surface area contributed by atoms with Gasteiger partial charge in [-0.15, -0.1) is 0 Å². The molecule has 128 heavy (non-hydrogen) atoms. The number of phenols is 1. The molecule has 2 aromatic heterocycles. The van der Waals surface area contributed by atoms with Crippen molar-refractivity contribution in [1.82, 2.24) is 19.9 Å². The number of aliphatic hydroxyl groups excluding tert-OH is 1. The molecule has 45 heteroatoms. The smallest absolute Gasteiger partial charge is 1.00 e. The van der Waals surface area contributed by atoms with Gasteiger partial charge in [0.1, 0.15) is 44.5 Å². The number of rotatable bonds is 55. The monoisotopic (exact) mass is 1870 g/mol. The summed E-state index contributed by atoms with van der Waals surface area (Å²) in [6.07, 6.45) is 5.72. The predicted octanol–water partition coefficient (Wildman–Crippen LogP) is 5.32. The molecule has 1 unspecified atom stereocenters. The van der Waals surface area contributed by atoms with Gasteiger partial charge in [0.25, 0.3) is 11.4 Å². The van der Waals surface area contributed by atoms with E-state index in [-0.39, 0.29) is 143 Å². The molecule has 1 fully saturated rings. The molecule has 4 N–H and O–H groups in total. The average molecular weight is 1870 g/mol. The molecule has 1 aliphatic heterocycles. The molecule has 5 aromatic rings. The molecule has 1 atom stereocenters. The normalized spacial score (nSPS) is 11.9. The summed E-state index contributed by atoms with van der Waals surface area (Å²) in [5.41, 5.74) is 9.00. The third-order valence-corrected chi connectivity index (χ3v) is 16.8. The Hall–Kier alpha value is -8.17. The molecule has 4 radical (unpaired) electrons. The van der Waals surface area contributed by atoms with Crippen LogP contribution in [0.2, 0.25) is 0 Å². The number of nitrogens with zero attached hydrogens (tertiary/aromatic N) is 7. The van der Waals surface area contributed by atoms with Gasteiger partial charge in [0.05, 0.1) is 207 Å². The molecule has 0 aliphatic carbocycles. The van der Waals surface area contributed by atoms with Crippen LogP contribution >= 0.6 is 0 Å². The maximum atomic E-state index is 12.5. The first-order valence-corrected chi connectivity index (χ1v) is 42.4. The quantitative estimate of drug-likeness (QED) is 0.00648. The van der Waals surface area contributed by atoms with Crippen LogP contribution in [0.1, 0.15) is 84.9 Å². The molecule has 1 saturated heterocycles. The van der Waals surface area contributed by atoms with Gasteiger partial charge in [-0.05, 0) is 105 Å². The standard InChI is InChI=1S/C21H29N5O4S.C20H31NO10.C20H33NO8.C13H26O6.C8H9NO4.CH4O.B.FH.K/c1-6-16-14-25(11-12-26(16)20(27)30-21(2,3)4)18-8-7-15(13-23-18)17-9-10-22-19(24-17)31(5,28)29;1-4-30-19(22)15-29-10-9-27-6-5-26-7-8-28-11-12-31-18-14-17(21(23)24)13-16(2)20(18)25-3;1-4-28-19(22)15-27-10-9-25-6-5-24-7-8-26-11-12-29-18-14-17(21)13-16(2)20(18)23-3;1-3-5-15-6-7-16-8-9-17-10-11-18-12-13(14)19-4-2;1-5-3-6(9(11)12)4-7(10)8(5)13-2;1-2;;;/h7-10,13,16H,6,11-12,14H2,1-5H3;13-14H,4-12,15H2,1-3H3;13-14H,4-12,15,21H2,1-3H3;3-12H2,1-2H3;3-4,10H,1-2H3;2H,1H3;;1H;/q;;;;;;-1;;+1. The first-order chi connectivity index (χ1) is 59.9. The molecule has 720 valence electrons. The summed E-state index contributed by atoms with van der Waals surface area (Å²) >= 11 is 0. The van der Waals surface area contributed by atoms with Crippen LogP contribution in [0.15, 0.2) is 72.1 Å². The number of nitro groups is 2. The van der Waals surface area contributed by atoms with Crippen LogP contribution in [0.25, 0.3) is 11.3 Å². The summed E-state index contributed by atoms with van der Waals surface area (Å²) in [7, 11) is 1.99. The number of esters is 3. The Morgan fingerprint density at radius 2 is 0.906 bits per heavy atom. The maximum Gasteiger partial charge on any atom is 1.00 e. The summed E-state index contributed by atoms with van der Waals surface area (Å²) in [5.74, 6) is 1.78. The predicted molar refractivity (Wildman–Crippen MR) is 468 cm³/mol. The zero-order valence-electron chi connectivity index (χ0n) is 77.1.